The van der Waals surface area contributed by atoms with Crippen LogP contribution in [0.15, 0.2) is 24.3 Å². The van der Waals surface area contributed by atoms with Crippen molar-refractivity contribution in [3.8, 4) is 0 Å². The van der Waals surface area contributed by atoms with Gasteiger partial charge in [-0.05, 0) is 13.0 Å². The SMILES string of the molecule is CC(=O)[N-]c1cccc(N)c1.[Li+]. The van der Waals surface area contributed by atoms with E-state index in [1.807, 2.05) is 0 Å². The first-order valence-corrected chi connectivity index (χ1v) is 3.26. The van der Waals surface area contributed by atoms with Crippen LogP contribution in [0.5, 0.6) is 0 Å². The summed E-state index contributed by atoms with van der Waals surface area (Å²) in [6.07, 6.45) is 0. The van der Waals surface area contributed by atoms with Crippen molar-refractivity contribution >= 4 is 17.3 Å². The predicted octanol–water partition coefficient (Wildman–Crippen LogP) is -1.18. The fourth-order valence-corrected chi connectivity index (χ4v) is 0.776. The number of amides is 1. The van der Waals surface area contributed by atoms with Gasteiger partial charge < -0.3 is 15.8 Å². The van der Waals surface area contributed by atoms with Crippen molar-refractivity contribution < 1.29 is 23.7 Å². The van der Waals surface area contributed by atoms with E-state index < -0.39 is 0 Å². The molecule has 58 valence electrons. The average Bonchev–Trinajstić information content (AvgIpc) is 1.85. The summed E-state index contributed by atoms with van der Waals surface area (Å²) >= 11 is 0. The van der Waals surface area contributed by atoms with Crippen LogP contribution in [-0.4, -0.2) is 5.91 Å². The number of hydrogen-bond acceptors (Lipinski definition) is 2. The molecule has 0 radical (unpaired) electrons. The molecule has 2 N–H and O–H groups in total. The van der Waals surface area contributed by atoms with Gasteiger partial charge in [0.1, 0.15) is 0 Å². The fourth-order valence-electron chi connectivity index (χ4n) is 0.776. The van der Waals surface area contributed by atoms with E-state index in [0.29, 0.717) is 11.4 Å². The van der Waals surface area contributed by atoms with Crippen LogP contribution in [0.1, 0.15) is 6.92 Å². The normalized spacial score (nSPS) is 8.42. The Kier molecular flexibility index (Phi) is 4.49. The number of nitrogens with two attached hydrogens (primary N) is 1. The van der Waals surface area contributed by atoms with Gasteiger partial charge in [0.15, 0.2) is 0 Å². The molecule has 0 spiro atoms. The second kappa shape index (κ2) is 4.86. The Hall–Kier alpha value is -0.913. The van der Waals surface area contributed by atoms with Crippen molar-refractivity contribution in [2.45, 2.75) is 6.92 Å². The van der Waals surface area contributed by atoms with Crippen LogP contribution in [0.3, 0.4) is 0 Å². The van der Waals surface area contributed by atoms with Gasteiger partial charge in [0.05, 0.1) is 5.91 Å². The zero-order valence-electron chi connectivity index (χ0n) is 7.24. The van der Waals surface area contributed by atoms with Crippen molar-refractivity contribution in [3.63, 3.8) is 0 Å². The second-order valence-corrected chi connectivity index (χ2v) is 2.23. The number of carbonyl (C=O) groups is 1. The van der Waals surface area contributed by atoms with Gasteiger partial charge in [-0.1, -0.05) is 18.2 Å². The van der Waals surface area contributed by atoms with E-state index in [9.17, 15) is 4.79 Å². The summed E-state index contributed by atoms with van der Waals surface area (Å²) in [5, 5.41) is 3.70. The predicted molar refractivity (Wildman–Crippen MR) is 44.6 cm³/mol. The quantitative estimate of drug-likeness (QED) is 0.411. The number of hydrogen-bond donors (Lipinski definition) is 1. The minimum absolute atomic E-state index is 0. The Morgan fingerprint density at radius 1 is 1.50 bits per heavy atom. The van der Waals surface area contributed by atoms with Crippen LogP contribution in [0.2, 0.25) is 0 Å². The van der Waals surface area contributed by atoms with Crippen molar-refractivity contribution in [3.05, 3.63) is 29.6 Å². The third-order valence-corrected chi connectivity index (χ3v) is 1.16. The van der Waals surface area contributed by atoms with Gasteiger partial charge >= 0.3 is 18.9 Å². The van der Waals surface area contributed by atoms with Crippen LogP contribution in [0, 0.1) is 0 Å². The summed E-state index contributed by atoms with van der Waals surface area (Å²) in [7, 11) is 0. The summed E-state index contributed by atoms with van der Waals surface area (Å²) in [5.41, 5.74) is 6.69. The van der Waals surface area contributed by atoms with E-state index in [1.54, 1.807) is 24.3 Å². The molecule has 0 saturated carbocycles. The van der Waals surface area contributed by atoms with Gasteiger partial charge in [-0.25, -0.2) is 0 Å². The third-order valence-electron chi connectivity index (χ3n) is 1.16. The molecule has 0 aromatic heterocycles. The first-order valence-electron chi connectivity index (χ1n) is 3.26. The summed E-state index contributed by atoms with van der Waals surface area (Å²) in [5.74, 6) is -0.212. The van der Waals surface area contributed by atoms with Gasteiger partial charge in [-0.15, -0.1) is 5.69 Å². The van der Waals surface area contributed by atoms with Gasteiger partial charge in [0.25, 0.3) is 0 Å². The smallest absolute Gasteiger partial charge is 0.627 e. The molecule has 0 heterocycles. The molecule has 1 rings (SSSR count). The molecule has 3 nitrogen and oxygen atoms in total. The number of carbonyl (C=O) groups excluding carboxylic acids is 1. The standard InChI is InChI=1S/C8H10N2O.Li/c1-6(11)10-8-4-2-3-7(9)5-8;/h2-5H,9H2,1H3,(H,10,11);/q;+1/p-1. The average molecular weight is 156 g/mol. The largest absolute Gasteiger partial charge is 1.00 e. The minimum atomic E-state index is -0.212. The number of anilines is 1. The molecule has 0 unspecified atom stereocenters. The maximum atomic E-state index is 10.5. The summed E-state index contributed by atoms with van der Waals surface area (Å²) < 4.78 is 0. The first kappa shape index (κ1) is 11.1. The minimum Gasteiger partial charge on any atom is -0.627 e. The number of nitrogen functional groups attached to an aromatic ring is 1. The zero-order valence-corrected chi connectivity index (χ0v) is 7.24. The van der Waals surface area contributed by atoms with Gasteiger partial charge in [0.2, 0.25) is 0 Å². The summed E-state index contributed by atoms with van der Waals surface area (Å²) in [6, 6.07) is 6.90. The van der Waals surface area contributed by atoms with Crippen molar-refractivity contribution in [1.29, 1.82) is 0 Å². The topological polar surface area (TPSA) is 57.2 Å². The summed E-state index contributed by atoms with van der Waals surface area (Å²) in [4.78, 5) is 10.5. The summed E-state index contributed by atoms with van der Waals surface area (Å²) in [6.45, 7) is 1.41. The number of rotatable bonds is 1. The molecule has 0 aliphatic carbocycles. The van der Waals surface area contributed by atoms with E-state index in [1.165, 1.54) is 6.92 Å². The van der Waals surface area contributed by atoms with Crippen LogP contribution in [0.4, 0.5) is 11.4 Å². The Balaban J connectivity index is 0.00000121. The van der Waals surface area contributed by atoms with Crippen LogP contribution < -0.4 is 24.6 Å². The van der Waals surface area contributed by atoms with Crippen molar-refractivity contribution in [2.75, 3.05) is 5.73 Å². The van der Waals surface area contributed by atoms with E-state index >= 15 is 0 Å². The second-order valence-electron chi connectivity index (χ2n) is 2.23. The molecular weight excluding hydrogens is 147 g/mol. The van der Waals surface area contributed by atoms with Gasteiger partial charge in [-0.2, -0.15) is 0 Å². The Labute approximate surface area is 83.5 Å². The molecule has 4 heteroatoms. The monoisotopic (exact) mass is 156 g/mol. The van der Waals surface area contributed by atoms with Crippen LogP contribution in [0.25, 0.3) is 5.32 Å². The first-order chi connectivity index (χ1) is 5.18. The maximum Gasteiger partial charge on any atom is 1.00 e. The molecule has 1 aromatic carbocycles. The molecule has 0 fully saturated rings. The van der Waals surface area contributed by atoms with E-state index in [0.717, 1.165) is 0 Å². The molecule has 0 bridgehead atoms. The molecular formula is C8H9LiN2O. The molecule has 0 aliphatic rings. The Morgan fingerprint density at radius 3 is 2.67 bits per heavy atom. The van der Waals surface area contributed by atoms with Crippen LogP contribution in [-0.2, 0) is 4.79 Å². The van der Waals surface area contributed by atoms with Crippen LogP contribution >= 0.6 is 0 Å². The van der Waals surface area contributed by atoms with E-state index in [-0.39, 0.29) is 24.8 Å². The Morgan fingerprint density at radius 2 is 2.17 bits per heavy atom. The fraction of sp³-hybridized carbons (Fsp3) is 0.125. The molecule has 1 aromatic rings. The van der Waals surface area contributed by atoms with E-state index in [4.69, 9.17) is 5.73 Å². The maximum absolute atomic E-state index is 10.5. The Bertz CT molecular complexity index is 276. The number of benzene rings is 1. The molecule has 0 atom stereocenters. The van der Waals surface area contributed by atoms with Crippen molar-refractivity contribution in [1.82, 2.24) is 0 Å². The van der Waals surface area contributed by atoms with E-state index in [2.05, 4.69) is 5.32 Å². The zero-order chi connectivity index (χ0) is 8.27. The molecule has 0 saturated heterocycles. The molecule has 1 amide bonds. The van der Waals surface area contributed by atoms with Gasteiger partial charge in [-0.3, -0.25) is 0 Å². The van der Waals surface area contributed by atoms with Crippen molar-refractivity contribution in [2.24, 2.45) is 0 Å². The molecule has 0 aliphatic heterocycles. The third kappa shape index (κ3) is 3.47. The molecule has 12 heavy (non-hydrogen) atoms. The number of nitrogens with zero attached hydrogens (tertiary/aromatic N) is 1. The van der Waals surface area contributed by atoms with Gasteiger partial charge in [0, 0.05) is 5.69 Å².